The third-order valence-corrected chi connectivity index (χ3v) is 1.45. The summed E-state index contributed by atoms with van der Waals surface area (Å²) >= 11 is 0. The van der Waals surface area contributed by atoms with Crippen molar-refractivity contribution in [3.63, 3.8) is 0 Å². The zero-order valence-electron chi connectivity index (χ0n) is 6.18. The monoisotopic (exact) mass is 168 g/mol. The molecule has 1 aromatic rings. The number of hydrogen-bond donors (Lipinski definition) is 2. The maximum absolute atomic E-state index is 10.4. The van der Waals surface area contributed by atoms with Crippen LogP contribution in [0.5, 0.6) is 0 Å². The Kier molecular flexibility index (Phi) is 2.37. The minimum Gasteiger partial charge on any atom is -0.374 e. The summed E-state index contributed by atoms with van der Waals surface area (Å²) in [5.41, 5.74) is 5.07. The fourth-order valence-corrected chi connectivity index (χ4v) is 0.904. The van der Waals surface area contributed by atoms with Gasteiger partial charge in [-0.3, -0.25) is 10.1 Å². The summed E-state index contributed by atoms with van der Waals surface area (Å²) in [6.45, 7) is 0. The summed E-state index contributed by atoms with van der Waals surface area (Å²) in [7, 11) is 0. The number of aliphatic hydroxyl groups is 1. The SMILES string of the molecule is NC(O)c1ccccc1[N+](=O)[O-]. The van der Waals surface area contributed by atoms with Crippen LogP contribution in [0.1, 0.15) is 11.8 Å². The van der Waals surface area contributed by atoms with Gasteiger partial charge in [-0.2, -0.15) is 0 Å². The highest BCUT2D eigenvalue weighted by Gasteiger charge is 2.15. The third kappa shape index (κ3) is 1.58. The Labute approximate surface area is 68.6 Å². The van der Waals surface area contributed by atoms with E-state index in [0.717, 1.165) is 0 Å². The molecule has 5 nitrogen and oxygen atoms in total. The van der Waals surface area contributed by atoms with Gasteiger partial charge in [0.1, 0.15) is 6.23 Å². The number of hydrogen-bond acceptors (Lipinski definition) is 4. The molecule has 0 bridgehead atoms. The summed E-state index contributed by atoms with van der Waals surface area (Å²) in [4.78, 5) is 9.79. The lowest BCUT2D eigenvalue weighted by atomic mass is 10.1. The van der Waals surface area contributed by atoms with E-state index in [2.05, 4.69) is 0 Å². The number of rotatable bonds is 2. The highest BCUT2D eigenvalue weighted by molar-refractivity contribution is 5.40. The average molecular weight is 168 g/mol. The Bertz CT molecular complexity index is 298. The molecule has 1 atom stereocenters. The largest absolute Gasteiger partial charge is 0.374 e. The van der Waals surface area contributed by atoms with E-state index >= 15 is 0 Å². The van der Waals surface area contributed by atoms with Crippen LogP contribution >= 0.6 is 0 Å². The van der Waals surface area contributed by atoms with Gasteiger partial charge in [-0.05, 0) is 6.07 Å². The molecule has 1 unspecified atom stereocenters. The van der Waals surface area contributed by atoms with Crippen molar-refractivity contribution in [1.29, 1.82) is 0 Å². The second-order valence-electron chi connectivity index (χ2n) is 2.26. The van der Waals surface area contributed by atoms with E-state index in [1.54, 1.807) is 6.07 Å². The number of benzene rings is 1. The lowest BCUT2D eigenvalue weighted by Crippen LogP contribution is -2.10. The quantitative estimate of drug-likeness (QED) is 0.383. The van der Waals surface area contributed by atoms with E-state index < -0.39 is 11.2 Å². The van der Waals surface area contributed by atoms with Crippen molar-refractivity contribution in [2.24, 2.45) is 5.73 Å². The second kappa shape index (κ2) is 3.29. The summed E-state index contributed by atoms with van der Waals surface area (Å²) in [6, 6.07) is 5.82. The molecule has 1 aromatic carbocycles. The van der Waals surface area contributed by atoms with Gasteiger partial charge in [0.25, 0.3) is 5.69 Å². The zero-order chi connectivity index (χ0) is 9.14. The lowest BCUT2D eigenvalue weighted by molar-refractivity contribution is -0.386. The topological polar surface area (TPSA) is 89.4 Å². The molecular weight excluding hydrogens is 160 g/mol. The highest BCUT2D eigenvalue weighted by atomic mass is 16.6. The van der Waals surface area contributed by atoms with Gasteiger partial charge in [0, 0.05) is 6.07 Å². The van der Waals surface area contributed by atoms with Crippen LogP contribution in [-0.4, -0.2) is 10.0 Å². The molecule has 0 aromatic heterocycles. The first kappa shape index (κ1) is 8.63. The van der Waals surface area contributed by atoms with Crippen molar-refractivity contribution in [3.05, 3.63) is 39.9 Å². The van der Waals surface area contributed by atoms with Gasteiger partial charge in [-0.15, -0.1) is 0 Å². The first-order chi connectivity index (χ1) is 5.63. The third-order valence-electron chi connectivity index (χ3n) is 1.45. The van der Waals surface area contributed by atoms with Crippen LogP contribution in [0, 0.1) is 10.1 Å². The van der Waals surface area contributed by atoms with E-state index in [1.807, 2.05) is 0 Å². The first-order valence-electron chi connectivity index (χ1n) is 3.30. The maximum Gasteiger partial charge on any atom is 0.276 e. The zero-order valence-corrected chi connectivity index (χ0v) is 6.18. The highest BCUT2D eigenvalue weighted by Crippen LogP contribution is 2.21. The molecule has 0 aliphatic heterocycles. The molecule has 0 aliphatic carbocycles. The standard InChI is InChI=1S/C7H8N2O3/c8-7(10)5-3-1-2-4-6(5)9(11)12/h1-4,7,10H,8H2. The van der Waals surface area contributed by atoms with E-state index in [0.29, 0.717) is 0 Å². The maximum atomic E-state index is 10.4. The van der Waals surface area contributed by atoms with Gasteiger partial charge in [0.05, 0.1) is 10.5 Å². The molecule has 3 N–H and O–H groups in total. The molecule has 0 amide bonds. The molecule has 0 saturated carbocycles. The molecule has 0 spiro atoms. The number of nitro groups is 1. The van der Waals surface area contributed by atoms with Crippen LogP contribution in [0.3, 0.4) is 0 Å². The number of nitrogens with two attached hydrogens (primary N) is 1. The number of nitrogens with zero attached hydrogens (tertiary/aromatic N) is 1. The van der Waals surface area contributed by atoms with Gasteiger partial charge in [-0.1, -0.05) is 12.1 Å². The molecule has 0 radical (unpaired) electrons. The summed E-state index contributed by atoms with van der Waals surface area (Å²) in [5, 5.41) is 19.3. The average Bonchev–Trinajstić information content (AvgIpc) is 2.04. The molecule has 0 heterocycles. The van der Waals surface area contributed by atoms with Crippen molar-refractivity contribution in [2.45, 2.75) is 6.23 Å². The van der Waals surface area contributed by atoms with Crippen LogP contribution in [0.25, 0.3) is 0 Å². The van der Waals surface area contributed by atoms with Gasteiger partial charge in [0.2, 0.25) is 0 Å². The predicted octanol–water partition coefficient (Wildman–Crippen LogP) is 0.544. The van der Waals surface area contributed by atoms with Crippen molar-refractivity contribution in [1.82, 2.24) is 0 Å². The minimum absolute atomic E-state index is 0.127. The molecule has 5 heteroatoms. The normalized spacial score (nSPS) is 12.5. The summed E-state index contributed by atoms with van der Waals surface area (Å²) < 4.78 is 0. The second-order valence-corrected chi connectivity index (χ2v) is 2.26. The first-order valence-corrected chi connectivity index (χ1v) is 3.30. The Morgan fingerprint density at radius 3 is 2.50 bits per heavy atom. The lowest BCUT2D eigenvalue weighted by Gasteiger charge is -2.03. The fraction of sp³-hybridized carbons (Fsp3) is 0.143. The minimum atomic E-state index is -1.30. The van der Waals surface area contributed by atoms with Crippen molar-refractivity contribution < 1.29 is 10.0 Å². The Morgan fingerprint density at radius 1 is 1.50 bits per heavy atom. The Morgan fingerprint density at radius 2 is 2.08 bits per heavy atom. The van der Waals surface area contributed by atoms with Crippen LogP contribution in [-0.2, 0) is 0 Å². The van der Waals surface area contributed by atoms with Crippen LogP contribution in [0.15, 0.2) is 24.3 Å². The fourth-order valence-electron chi connectivity index (χ4n) is 0.904. The smallest absolute Gasteiger partial charge is 0.276 e. The molecule has 0 saturated heterocycles. The molecule has 12 heavy (non-hydrogen) atoms. The predicted molar refractivity (Wildman–Crippen MR) is 42.2 cm³/mol. The molecule has 64 valence electrons. The Hall–Kier alpha value is -1.46. The Balaban J connectivity index is 3.17. The molecule has 0 fully saturated rings. The van der Waals surface area contributed by atoms with Crippen LogP contribution < -0.4 is 5.73 Å². The van der Waals surface area contributed by atoms with Gasteiger partial charge in [0.15, 0.2) is 0 Å². The van der Waals surface area contributed by atoms with Gasteiger partial charge in [-0.25, -0.2) is 0 Å². The van der Waals surface area contributed by atoms with Crippen LogP contribution in [0.4, 0.5) is 5.69 Å². The van der Waals surface area contributed by atoms with Gasteiger partial charge < -0.3 is 10.8 Å². The van der Waals surface area contributed by atoms with E-state index in [4.69, 9.17) is 10.8 Å². The van der Waals surface area contributed by atoms with Crippen molar-refractivity contribution in [3.8, 4) is 0 Å². The number of nitro benzene ring substituents is 1. The molecule has 1 rings (SSSR count). The summed E-state index contributed by atoms with van der Waals surface area (Å²) in [5.74, 6) is 0. The van der Waals surface area contributed by atoms with E-state index in [9.17, 15) is 10.1 Å². The van der Waals surface area contributed by atoms with Crippen LogP contribution in [0.2, 0.25) is 0 Å². The van der Waals surface area contributed by atoms with E-state index in [1.165, 1.54) is 18.2 Å². The van der Waals surface area contributed by atoms with Crippen molar-refractivity contribution in [2.75, 3.05) is 0 Å². The molecular formula is C7H8N2O3. The molecule has 0 aliphatic rings. The number of aliphatic hydroxyl groups excluding tert-OH is 1. The number of para-hydroxylation sites is 1. The van der Waals surface area contributed by atoms with Gasteiger partial charge >= 0.3 is 0 Å². The van der Waals surface area contributed by atoms with Crippen molar-refractivity contribution >= 4 is 5.69 Å². The summed E-state index contributed by atoms with van der Waals surface area (Å²) in [6.07, 6.45) is -1.30. The van der Waals surface area contributed by atoms with E-state index in [-0.39, 0.29) is 11.3 Å².